The Labute approximate surface area is 181 Å². The SMILES string of the molecule is Cc1c(Cl)cccc1N1C[C@@H](C(=O)Nc2ccc(C(=O)OCC(C)C)cc2)CC1=O. The van der Waals surface area contributed by atoms with E-state index in [-0.39, 0.29) is 24.2 Å². The van der Waals surface area contributed by atoms with Gasteiger partial charge in [0.15, 0.2) is 0 Å². The van der Waals surface area contributed by atoms with Gasteiger partial charge in [0.2, 0.25) is 11.8 Å². The number of rotatable bonds is 6. The fourth-order valence-electron chi connectivity index (χ4n) is 3.26. The summed E-state index contributed by atoms with van der Waals surface area (Å²) >= 11 is 6.17. The summed E-state index contributed by atoms with van der Waals surface area (Å²) in [7, 11) is 0. The second-order valence-electron chi connectivity index (χ2n) is 7.85. The van der Waals surface area contributed by atoms with Crippen LogP contribution in [0.3, 0.4) is 0 Å². The zero-order valence-corrected chi connectivity index (χ0v) is 18.0. The Morgan fingerprint density at radius 2 is 1.90 bits per heavy atom. The van der Waals surface area contributed by atoms with Crippen LogP contribution in [0.15, 0.2) is 42.5 Å². The van der Waals surface area contributed by atoms with Crippen LogP contribution in [0.25, 0.3) is 0 Å². The number of nitrogens with one attached hydrogen (secondary N) is 1. The van der Waals surface area contributed by atoms with E-state index in [4.69, 9.17) is 16.3 Å². The quantitative estimate of drug-likeness (QED) is 0.689. The van der Waals surface area contributed by atoms with Crippen molar-refractivity contribution < 1.29 is 19.1 Å². The molecule has 158 valence electrons. The van der Waals surface area contributed by atoms with Gasteiger partial charge in [-0.15, -0.1) is 0 Å². The number of amides is 2. The molecule has 7 heteroatoms. The third-order valence-corrected chi connectivity index (χ3v) is 5.37. The summed E-state index contributed by atoms with van der Waals surface area (Å²) in [6.45, 7) is 6.44. The first-order valence-corrected chi connectivity index (χ1v) is 10.3. The molecule has 1 aliphatic rings. The molecule has 1 fully saturated rings. The van der Waals surface area contributed by atoms with Crippen LogP contribution in [0.2, 0.25) is 5.02 Å². The van der Waals surface area contributed by atoms with Crippen LogP contribution in [-0.2, 0) is 14.3 Å². The monoisotopic (exact) mass is 428 g/mol. The zero-order valence-electron chi connectivity index (χ0n) is 17.3. The number of hydrogen-bond donors (Lipinski definition) is 1. The van der Waals surface area contributed by atoms with E-state index in [0.717, 1.165) is 11.3 Å². The topological polar surface area (TPSA) is 75.7 Å². The minimum atomic E-state index is -0.466. The molecule has 1 saturated heterocycles. The highest BCUT2D eigenvalue weighted by Crippen LogP contribution is 2.31. The van der Waals surface area contributed by atoms with Crippen molar-refractivity contribution in [1.82, 2.24) is 0 Å². The molecule has 2 amide bonds. The summed E-state index contributed by atoms with van der Waals surface area (Å²) in [4.78, 5) is 38.8. The van der Waals surface area contributed by atoms with E-state index in [2.05, 4.69) is 5.32 Å². The Hall–Kier alpha value is -2.86. The summed E-state index contributed by atoms with van der Waals surface area (Å²) in [5, 5.41) is 3.41. The predicted molar refractivity (Wildman–Crippen MR) is 117 cm³/mol. The van der Waals surface area contributed by atoms with Crippen LogP contribution in [0.4, 0.5) is 11.4 Å². The molecule has 30 heavy (non-hydrogen) atoms. The fourth-order valence-corrected chi connectivity index (χ4v) is 3.43. The minimum Gasteiger partial charge on any atom is -0.462 e. The third kappa shape index (κ3) is 5.00. The summed E-state index contributed by atoms with van der Waals surface area (Å²) < 4.78 is 5.20. The molecule has 0 aliphatic carbocycles. The largest absolute Gasteiger partial charge is 0.462 e. The highest BCUT2D eigenvalue weighted by Gasteiger charge is 2.35. The second kappa shape index (κ2) is 9.30. The highest BCUT2D eigenvalue weighted by atomic mass is 35.5. The molecule has 0 spiro atoms. The van der Waals surface area contributed by atoms with Crippen LogP contribution < -0.4 is 10.2 Å². The zero-order chi connectivity index (χ0) is 21.8. The van der Waals surface area contributed by atoms with Crippen molar-refractivity contribution in [1.29, 1.82) is 0 Å². The number of esters is 1. The Bertz CT molecular complexity index is 956. The standard InChI is InChI=1S/C23H25ClN2O4/c1-14(2)13-30-23(29)16-7-9-18(10-8-16)25-22(28)17-11-21(27)26(12-17)20-6-4-5-19(24)15(20)3/h4-10,14,17H,11-13H2,1-3H3,(H,25,28)/t17-/m0/s1. The van der Waals surface area contributed by atoms with Crippen molar-refractivity contribution in [3.05, 3.63) is 58.6 Å². The lowest BCUT2D eigenvalue weighted by Gasteiger charge is -2.19. The van der Waals surface area contributed by atoms with Gasteiger partial charge in [0.1, 0.15) is 0 Å². The van der Waals surface area contributed by atoms with Gasteiger partial charge in [-0.1, -0.05) is 31.5 Å². The minimum absolute atomic E-state index is 0.108. The van der Waals surface area contributed by atoms with E-state index < -0.39 is 11.9 Å². The molecule has 0 unspecified atom stereocenters. The van der Waals surface area contributed by atoms with E-state index in [1.165, 1.54) is 0 Å². The number of carbonyl (C=O) groups is 3. The van der Waals surface area contributed by atoms with Gasteiger partial charge >= 0.3 is 5.97 Å². The van der Waals surface area contributed by atoms with Crippen molar-refractivity contribution in [3.63, 3.8) is 0 Å². The number of ether oxygens (including phenoxy) is 1. The van der Waals surface area contributed by atoms with Crippen LogP contribution in [0, 0.1) is 18.8 Å². The van der Waals surface area contributed by atoms with Gasteiger partial charge < -0.3 is 15.0 Å². The van der Waals surface area contributed by atoms with Crippen molar-refractivity contribution >= 4 is 40.8 Å². The van der Waals surface area contributed by atoms with Crippen molar-refractivity contribution in [3.8, 4) is 0 Å². The van der Waals surface area contributed by atoms with Crippen LogP contribution in [0.5, 0.6) is 0 Å². The van der Waals surface area contributed by atoms with E-state index in [9.17, 15) is 14.4 Å². The second-order valence-corrected chi connectivity index (χ2v) is 8.26. The van der Waals surface area contributed by atoms with Gasteiger partial charge in [0.05, 0.1) is 18.1 Å². The van der Waals surface area contributed by atoms with Gasteiger partial charge in [-0.05, 0) is 54.8 Å². The Morgan fingerprint density at radius 3 is 2.57 bits per heavy atom. The van der Waals surface area contributed by atoms with Crippen LogP contribution in [-0.4, -0.2) is 30.9 Å². The maximum absolute atomic E-state index is 12.7. The molecule has 6 nitrogen and oxygen atoms in total. The number of hydrogen-bond acceptors (Lipinski definition) is 4. The maximum atomic E-state index is 12.7. The number of nitrogens with zero attached hydrogens (tertiary/aromatic N) is 1. The van der Waals surface area contributed by atoms with Gasteiger partial charge in [-0.25, -0.2) is 4.79 Å². The molecule has 0 aromatic heterocycles. The number of benzene rings is 2. The summed E-state index contributed by atoms with van der Waals surface area (Å²) in [5.74, 6) is -0.941. The van der Waals surface area contributed by atoms with Gasteiger partial charge in [0, 0.05) is 29.4 Å². The van der Waals surface area contributed by atoms with E-state index in [0.29, 0.717) is 29.4 Å². The van der Waals surface area contributed by atoms with Crippen molar-refractivity contribution in [2.45, 2.75) is 27.2 Å². The van der Waals surface area contributed by atoms with E-state index in [1.807, 2.05) is 26.8 Å². The van der Waals surface area contributed by atoms with Crippen molar-refractivity contribution in [2.75, 3.05) is 23.4 Å². The first-order valence-electron chi connectivity index (χ1n) is 9.89. The van der Waals surface area contributed by atoms with E-state index >= 15 is 0 Å². The molecule has 0 radical (unpaired) electrons. The first-order chi connectivity index (χ1) is 14.3. The number of anilines is 2. The fraction of sp³-hybridized carbons (Fsp3) is 0.348. The molecule has 1 N–H and O–H groups in total. The lowest BCUT2D eigenvalue weighted by molar-refractivity contribution is -0.122. The number of carbonyl (C=O) groups excluding carboxylic acids is 3. The summed E-state index contributed by atoms with van der Waals surface area (Å²) in [5.41, 5.74) is 2.53. The molecule has 2 aromatic carbocycles. The lowest BCUT2D eigenvalue weighted by Crippen LogP contribution is -2.28. The molecular weight excluding hydrogens is 404 g/mol. The van der Waals surface area contributed by atoms with E-state index in [1.54, 1.807) is 41.3 Å². The van der Waals surface area contributed by atoms with Gasteiger partial charge in [-0.2, -0.15) is 0 Å². The average Bonchev–Trinajstić information content (AvgIpc) is 3.10. The molecule has 1 heterocycles. The summed E-state index contributed by atoms with van der Waals surface area (Å²) in [6, 6.07) is 11.9. The highest BCUT2D eigenvalue weighted by molar-refractivity contribution is 6.31. The molecular formula is C23H25ClN2O4. The van der Waals surface area contributed by atoms with Gasteiger partial charge in [-0.3, -0.25) is 9.59 Å². The van der Waals surface area contributed by atoms with Gasteiger partial charge in [0.25, 0.3) is 0 Å². The molecule has 1 aliphatic heterocycles. The third-order valence-electron chi connectivity index (χ3n) is 4.96. The Morgan fingerprint density at radius 1 is 1.20 bits per heavy atom. The van der Waals surface area contributed by atoms with Crippen LogP contribution >= 0.6 is 11.6 Å². The molecule has 0 saturated carbocycles. The smallest absolute Gasteiger partial charge is 0.338 e. The van der Waals surface area contributed by atoms with Crippen molar-refractivity contribution in [2.24, 2.45) is 11.8 Å². The predicted octanol–water partition coefficient (Wildman–Crippen LogP) is 4.45. The maximum Gasteiger partial charge on any atom is 0.338 e. The average molecular weight is 429 g/mol. The normalized spacial score (nSPS) is 16.1. The molecule has 0 bridgehead atoms. The molecule has 1 atom stereocenters. The lowest BCUT2D eigenvalue weighted by atomic mass is 10.1. The Balaban J connectivity index is 1.62. The van der Waals surface area contributed by atoms with Crippen LogP contribution in [0.1, 0.15) is 36.2 Å². The number of halogens is 1. The summed E-state index contributed by atoms with van der Waals surface area (Å²) in [6.07, 6.45) is 0.136. The molecule has 2 aromatic rings. The Kier molecular flexibility index (Phi) is 6.77. The first kappa shape index (κ1) is 21.8. The molecule has 3 rings (SSSR count).